The first-order valence-corrected chi connectivity index (χ1v) is 8.20. The second-order valence-corrected chi connectivity index (χ2v) is 7.11. The van der Waals surface area contributed by atoms with Crippen LogP contribution in [0.25, 0.3) is 0 Å². The number of hydrogen-bond donors (Lipinski definition) is 1. The van der Waals surface area contributed by atoms with Crippen molar-refractivity contribution in [3.63, 3.8) is 0 Å². The average Bonchev–Trinajstić information content (AvgIpc) is 2.93. The van der Waals surface area contributed by atoms with Gasteiger partial charge in [-0.3, -0.25) is 4.90 Å². The van der Waals surface area contributed by atoms with Gasteiger partial charge in [0.2, 0.25) is 0 Å². The fourth-order valence-electron chi connectivity index (χ4n) is 3.08. The van der Waals surface area contributed by atoms with E-state index in [0.29, 0.717) is 6.42 Å². The topological polar surface area (TPSA) is 49.8 Å². The van der Waals surface area contributed by atoms with E-state index in [4.69, 9.17) is 4.74 Å². The van der Waals surface area contributed by atoms with E-state index >= 15 is 0 Å². The Morgan fingerprint density at radius 1 is 1.12 bits per heavy atom. The van der Waals surface area contributed by atoms with Gasteiger partial charge in [0.25, 0.3) is 0 Å². The molecule has 0 aliphatic carbocycles. The quantitative estimate of drug-likeness (QED) is 0.905. The van der Waals surface area contributed by atoms with Crippen LogP contribution in [0, 0.1) is 0 Å². The summed E-state index contributed by atoms with van der Waals surface area (Å²) in [6, 6.07) is 16.8. The zero-order valence-electron chi connectivity index (χ0n) is 14.3. The Kier molecular flexibility index (Phi) is 4.33. The fraction of sp³-hybridized carbons (Fsp3) is 0.350. The maximum absolute atomic E-state index is 12.8. The highest BCUT2D eigenvalue weighted by atomic mass is 16.6. The van der Waals surface area contributed by atoms with Gasteiger partial charge >= 0.3 is 6.09 Å². The molecule has 0 radical (unpaired) electrons. The lowest BCUT2D eigenvalue weighted by molar-refractivity contribution is 0.0520. The summed E-state index contributed by atoms with van der Waals surface area (Å²) in [6.45, 7) is 5.53. The zero-order valence-corrected chi connectivity index (χ0v) is 14.3. The number of benzene rings is 2. The second kappa shape index (κ2) is 6.29. The first kappa shape index (κ1) is 16.5. The molecule has 1 heterocycles. The van der Waals surface area contributed by atoms with E-state index < -0.39 is 17.8 Å². The van der Waals surface area contributed by atoms with Gasteiger partial charge in [0, 0.05) is 0 Å². The Morgan fingerprint density at radius 2 is 1.75 bits per heavy atom. The molecule has 4 nitrogen and oxygen atoms in total. The lowest BCUT2D eigenvalue weighted by atomic mass is 9.99. The van der Waals surface area contributed by atoms with Crippen LogP contribution < -0.4 is 4.90 Å². The van der Waals surface area contributed by atoms with E-state index in [0.717, 1.165) is 16.8 Å². The van der Waals surface area contributed by atoms with E-state index in [1.165, 1.54) is 0 Å². The molecule has 1 aliphatic rings. The molecule has 0 saturated heterocycles. The number of carbonyl (C=O) groups is 1. The highest BCUT2D eigenvalue weighted by Gasteiger charge is 2.40. The van der Waals surface area contributed by atoms with E-state index in [1.807, 2.05) is 75.4 Å². The van der Waals surface area contributed by atoms with Crippen LogP contribution in [-0.4, -0.2) is 22.8 Å². The summed E-state index contributed by atoms with van der Waals surface area (Å²) in [5, 5.41) is 10.9. The van der Waals surface area contributed by atoms with E-state index in [1.54, 1.807) is 4.90 Å². The number of aliphatic hydroxyl groups excluding tert-OH is 1. The van der Waals surface area contributed by atoms with Gasteiger partial charge in [0.05, 0.1) is 11.7 Å². The first-order valence-electron chi connectivity index (χ1n) is 8.20. The molecule has 24 heavy (non-hydrogen) atoms. The molecule has 2 aromatic carbocycles. The molecule has 126 valence electrons. The number of nitrogens with zero attached hydrogens (tertiary/aromatic N) is 1. The van der Waals surface area contributed by atoms with Crippen LogP contribution in [0.4, 0.5) is 10.5 Å². The van der Waals surface area contributed by atoms with Crippen molar-refractivity contribution in [2.45, 2.75) is 44.9 Å². The highest BCUT2D eigenvalue weighted by molar-refractivity contribution is 5.91. The number of amides is 1. The third-order valence-corrected chi connectivity index (χ3v) is 4.11. The van der Waals surface area contributed by atoms with Crippen LogP contribution >= 0.6 is 0 Å². The third-order valence-electron chi connectivity index (χ3n) is 4.11. The minimum absolute atomic E-state index is 0.375. The molecule has 1 N–H and O–H groups in total. The molecular weight excluding hydrogens is 302 g/mol. The van der Waals surface area contributed by atoms with Gasteiger partial charge in [0.1, 0.15) is 11.7 Å². The standard InChI is InChI=1S/C20H23NO3/c1-20(2,3)24-19(23)21-16-12-8-7-11-15(16)13-17(21)18(22)14-9-5-4-6-10-14/h4-12,17-18,22H,13H2,1-3H3/t17-,18+/m1/s1. The van der Waals surface area contributed by atoms with Crippen molar-refractivity contribution in [2.75, 3.05) is 4.90 Å². The SMILES string of the molecule is CC(C)(C)OC(=O)N1c2ccccc2C[C@@H]1[C@@H](O)c1ccccc1. The third kappa shape index (κ3) is 3.29. The monoisotopic (exact) mass is 325 g/mol. The van der Waals surface area contributed by atoms with Crippen molar-refractivity contribution in [3.05, 3.63) is 65.7 Å². The summed E-state index contributed by atoms with van der Waals surface area (Å²) in [5.74, 6) is 0. The van der Waals surface area contributed by atoms with E-state index in [9.17, 15) is 9.90 Å². The van der Waals surface area contributed by atoms with Gasteiger partial charge < -0.3 is 9.84 Å². The van der Waals surface area contributed by atoms with E-state index in [-0.39, 0.29) is 6.04 Å². The predicted molar refractivity (Wildman–Crippen MR) is 94.0 cm³/mol. The molecule has 0 aromatic heterocycles. The fourth-order valence-corrected chi connectivity index (χ4v) is 3.08. The summed E-state index contributed by atoms with van der Waals surface area (Å²) in [7, 11) is 0. The van der Waals surface area contributed by atoms with Crippen LogP contribution in [0.15, 0.2) is 54.6 Å². The number of para-hydroxylation sites is 1. The maximum Gasteiger partial charge on any atom is 0.415 e. The summed E-state index contributed by atoms with van der Waals surface area (Å²) >= 11 is 0. The number of ether oxygens (including phenoxy) is 1. The first-order chi connectivity index (χ1) is 11.4. The number of aliphatic hydroxyl groups is 1. The minimum Gasteiger partial charge on any atom is -0.443 e. The van der Waals surface area contributed by atoms with Crippen molar-refractivity contribution >= 4 is 11.8 Å². The van der Waals surface area contributed by atoms with Crippen molar-refractivity contribution in [1.82, 2.24) is 0 Å². The Morgan fingerprint density at radius 3 is 2.42 bits per heavy atom. The number of hydrogen-bond acceptors (Lipinski definition) is 3. The molecular formula is C20H23NO3. The number of anilines is 1. The lowest BCUT2D eigenvalue weighted by Gasteiger charge is -2.31. The smallest absolute Gasteiger partial charge is 0.415 e. The van der Waals surface area contributed by atoms with Crippen LogP contribution in [0.5, 0.6) is 0 Å². The van der Waals surface area contributed by atoms with Crippen molar-refractivity contribution in [1.29, 1.82) is 0 Å². The molecule has 2 aromatic rings. The largest absolute Gasteiger partial charge is 0.443 e. The predicted octanol–water partition coefficient (Wildman–Crippen LogP) is 4.09. The van der Waals surface area contributed by atoms with Crippen LogP contribution in [0.1, 0.15) is 38.0 Å². The van der Waals surface area contributed by atoms with Gasteiger partial charge in [-0.05, 0) is 44.4 Å². The van der Waals surface area contributed by atoms with Crippen molar-refractivity contribution in [3.8, 4) is 0 Å². The summed E-state index contributed by atoms with van der Waals surface area (Å²) < 4.78 is 5.57. The molecule has 0 saturated carbocycles. The Labute approximate surface area is 142 Å². The van der Waals surface area contributed by atoms with Crippen LogP contribution in [-0.2, 0) is 11.2 Å². The molecule has 3 rings (SSSR count). The molecule has 1 amide bonds. The molecule has 0 unspecified atom stereocenters. The summed E-state index contributed by atoms with van der Waals surface area (Å²) in [4.78, 5) is 14.4. The Balaban J connectivity index is 1.95. The highest BCUT2D eigenvalue weighted by Crippen LogP contribution is 2.38. The molecule has 2 atom stereocenters. The van der Waals surface area contributed by atoms with Crippen LogP contribution in [0.2, 0.25) is 0 Å². The van der Waals surface area contributed by atoms with Gasteiger partial charge in [-0.1, -0.05) is 48.5 Å². The molecule has 0 bridgehead atoms. The zero-order chi connectivity index (χ0) is 17.3. The number of rotatable bonds is 2. The minimum atomic E-state index is -0.772. The Hall–Kier alpha value is -2.33. The number of fused-ring (bicyclic) bond motifs is 1. The van der Waals surface area contributed by atoms with Crippen molar-refractivity contribution in [2.24, 2.45) is 0 Å². The van der Waals surface area contributed by atoms with E-state index in [2.05, 4.69) is 0 Å². The lowest BCUT2D eigenvalue weighted by Crippen LogP contribution is -2.44. The Bertz CT molecular complexity index is 721. The maximum atomic E-state index is 12.8. The summed E-state index contributed by atoms with van der Waals surface area (Å²) in [5.41, 5.74) is 2.07. The van der Waals surface area contributed by atoms with Gasteiger partial charge in [-0.15, -0.1) is 0 Å². The molecule has 0 spiro atoms. The van der Waals surface area contributed by atoms with Crippen molar-refractivity contribution < 1.29 is 14.6 Å². The van der Waals surface area contributed by atoms with Crippen LogP contribution in [0.3, 0.4) is 0 Å². The normalized spacial score (nSPS) is 18.2. The second-order valence-electron chi connectivity index (χ2n) is 7.11. The molecule has 4 heteroatoms. The van der Waals surface area contributed by atoms with Gasteiger partial charge in [-0.25, -0.2) is 4.79 Å². The average molecular weight is 325 g/mol. The number of carbonyl (C=O) groups excluding carboxylic acids is 1. The summed E-state index contributed by atoms with van der Waals surface area (Å²) in [6.07, 6.45) is -0.593. The molecule has 1 aliphatic heterocycles. The van der Waals surface area contributed by atoms with Gasteiger partial charge in [-0.2, -0.15) is 0 Å². The molecule has 0 fully saturated rings. The van der Waals surface area contributed by atoms with Gasteiger partial charge in [0.15, 0.2) is 0 Å².